The zero-order chi connectivity index (χ0) is 20.3. The van der Waals surface area contributed by atoms with Crippen LogP contribution in [-0.4, -0.2) is 34.6 Å². The zero-order valence-electron chi connectivity index (χ0n) is 15.4. The van der Waals surface area contributed by atoms with E-state index in [0.717, 1.165) is 16.5 Å². The van der Waals surface area contributed by atoms with Crippen LogP contribution in [0.15, 0.2) is 40.9 Å². The molecule has 0 spiro atoms. The minimum Gasteiger partial charge on any atom is -0.480 e. The lowest BCUT2D eigenvalue weighted by Crippen LogP contribution is -2.29. The molecule has 0 unspecified atom stereocenters. The lowest BCUT2D eigenvalue weighted by Gasteiger charge is -2.06. The second kappa shape index (κ2) is 7.91. The van der Waals surface area contributed by atoms with Crippen molar-refractivity contribution in [2.45, 2.75) is 20.3 Å². The molecule has 0 fully saturated rings. The van der Waals surface area contributed by atoms with Crippen LogP contribution in [-0.2, 0) is 16.0 Å². The van der Waals surface area contributed by atoms with Gasteiger partial charge in [0.05, 0.1) is 6.42 Å². The molecule has 2 aromatic carbocycles. The van der Waals surface area contributed by atoms with Crippen molar-refractivity contribution in [1.82, 2.24) is 10.5 Å². The number of amides is 2. The number of carbonyl (C=O) groups is 3. The number of aliphatic carboxylic acids is 1. The summed E-state index contributed by atoms with van der Waals surface area (Å²) in [5, 5.41) is 18.4. The molecule has 2 amide bonds. The van der Waals surface area contributed by atoms with Gasteiger partial charge in [0, 0.05) is 16.6 Å². The average Bonchev–Trinajstić information content (AvgIpc) is 3.02. The third kappa shape index (κ3) is 4.35. The summed E-state index contributed by atoms with van der Waals surface area (Å²) in [7, 11) is 0. The van der Waals surface area contributed by atoms with Crippen LogP contribution in [0.4, 0.5) is 5.69 Å². The highest BCUT2D eigenvalue weighted by molar-refractivity contribution is 5.98. The van der Waals surface area contributed by atoms with Crippen LogP contribution in [0, 0.1) is 13.8 Å². The number of carboxylic acid groups (broad SMARTS) is 1. The second-order valence-electron chi connectivity index (χ2n) is 6.44. The lowest BCUT2D eigenvalue weighted by molar-refractivity contribution is -0.135. The minimum atomic E-state index is -1.12. The first-order chi connectivity index (χ1) is 13.3. The first-order valence-corrected chi connectivity index (χ1v) is 8.59. The second-order valence-corrected chi connectivity index (χ2v) is 6.44. The van der Waals surface area contributed by atoms with E-state index in [-0.39, 0.29) is 12.3 Å². The van der Waals surface area contributed by atoms with Gasteiger partial charge in [-0.2, -0.15) is 0 Å². The maximum Gasteiger partial charge on any atom is 0.322 e. The Morgan fingerprint density at radius 2 is 1.75 bits per heavy atom. The third-order valence-electron chi connectivity index (χ3n) is 4.32. The van der Waals surface area contributed by atoms with Gasteiger partial charge in [-0.25, -0.2) is 0 Å². The van der Waals surface area contributed by atoms with Crippen LogP contribution >= 0.6 is 0 Å². The number of nitrogens with zero attached hydrogens (tertiary/aromatic N) is 1. The van der Waals surface area contributed by atoms with E-state index in [2.05, 4.69) is 15.8 Å². The van der Waals surface area contributed by atoms with Crippen molar-refractivity contribution in [3.05, 3.63) is 58.8 Å². The van der Waals surface area contributed by atoms with Crippen molar-refractivity contribution >= 4 is 34.4 Å². The SMILES string of the molecule is Cc1cc2onc(CC(=O)Nc3ccc(C(=O)NCC(=O)O)cc3)c2cc1C. The third-order valence-corrected chi connectivity index (χ3v) is 4.32. The van der Waals surface area contributed by atoms with Crippen LogP contribution in [0.1, 0.15) is 27.2 Å². The molecule has 8 heteroatoms. The number of hydrogen-bond donors (Lipinski definition) is 3. The van der Waals surface area contributed by atoms with Crippen LogP contribution in [0.2, 0.25) is 0 Å². The molecule has 0 saturated carbocycles. The Bertz CT molecular complexity index is 1050. The minimum absolute atomic E-state index is 0.0519. The Morgan fingerprint density at radius 1 is 1.07 bits per heavy atom. The highest BCUT2D eigenvalue weighted by Crippen LogP contribution is 2.23. The maximum atomic E-state index is 12.3. The Balaban J connectivity index is 1.64. The van der Waals surface area contributed by atoms with E-state index in [4.69, 9.17) is 9.63 Å². The van der Waals surface area contributed by atoms with Crippen molar-refractivity contribution in [2.24, 2.45) is 0 Å². The van der Waals surface area contributed by atoms with E-state index in [1.165, 1.54) is 12.1 Å². The molecule has 1 heterocycles. The van der Waals surface area contributed by atoms with E-state index in [1.807, 2.05) is 26.0 Å². The first kappa shape index (κ1) is 19.1. The molecule has 28 heavy (non-hydrogen) atoms. The molecule has 8 nitrogen and oxygen atoms in total. The molecule has 3 aromatic rings. The fraction of sp³-hybridized carbons (Fsp3) is 0.200. The normalized spacial score (nSPS) is 10.6. The highest BCUT2D eigenvalue weighted by Gasteiger charge is 2.14. The molecule has 0 atom stereocenters. The Kier molecular flexibility index (Phi) is 5.39. The molecule has 0 radical (unpaired) electrons. The molecule has 3 N–H and O–H groups in total. The van der Waals surface area contributed by atoms with E-state index in [0.29, 0.717) is 22.5 Å². The number of rotatable bonds is 6. The van der Waals surface area contributed by atoms with Gasteiger partial charge in [-0.1, -0.05) is 5.16 Å². The van der Waals surface area contributed by atoms with Crippen molar-refractivity contribution < 1.29 is 24.0 Å². The van der Waals surface area contributed by atoms with E-state index >= 15 is 0 Å². The lowest BCUT2D eigenvalue weighted by atomic mass is 10.1. The van der Waals surface area contributed by atoms with Crippen molar-refractivity contribution in [3.8, 4) is 0 Å². The van der Waals surface area contributed by atoms with Gasteiger partial charge in [-0.05, 0) is 61.4 Å². The number of carbonyl (C=O) groups excluding carboxylic acids is 2. The predicted octanol–water partition coefficient (Wildman–Crippen LogP) is 2.44. The van der Waals surface area contributed by atoms with Gasteiger partial charge >= 0.3 is 5.97 Å². The number of carboxylic acids is 1. The number of benzene rings is 2. The summed E-state index contributed by atoms with van der Waals surface area (Å²) in [6.07, 6.45) is 0.0519. The van der Waals surface area contributed by atoms with Crippen molar-refractivity contribution in [3.63, 3.8) is 0 Å². The van der Waals surface area contributed by atoms with Crippen LogP contribution in [0.3, 0.4) is 0 Å². The summed E-state index contributed by atoms with van der Waals surface area (Å²) in [6, 6.07) is 10.0. The first-order valence-electron chi connectivity index (χ1n) is 8.59. The van der Waals surface area contributed by atoms with Gasteiger partial charge in [0.15, 0.2) is 5.58 Å². The molecule has 0 aliphatic rings. The van der Waals surface area contributed by atoms with Gasteiger partial charge in [-0.15, -0.1) is 0 Å². The zero-order valence-corrected chi connectivity index (χ0v) is 15.4. The molecule has 0 aliphatic heterocycles. The van der Waals surface area contributed by atoms with Crippen LogP contribution in [0.25, 0.3) is 11.0 Å². The van der Waals surface area contributed by atoms with E-state index in [1.54, 1.807) is 12.1 Å². The predicted molar refractivity (Wildman–Crippen MR) is 102 cm³/mol. The molecule has 0 saturated heterocycles. The van der Waals surface area contributed by atoms with E-state index < -0.39 is 18.4 Å². The van der Waals surface area contributed by atoms with Gasteiger partial charge in [0.2, 0.25) is 5.91 Å². The van der Waals surface area contributed by atoms with Crippen molar-refractivity contribution in [1.29, 1.82) is 0 Å². The number of hydrogen-bond acceptors (Lipinski definition) is 5. The fourth-order valence-corrected chi connectivity index (χ4v) is 2.69. The maximum absolute atomic E-state index is 12.3. The number of fused-ring (bicyclic) bond motifs is 1. The summed E-state index contributed by atoms with van der Waals surface area (Å²) in [4.78, 5) is 34.6. The Morgan fingerprint density at radius 3 is 2.43 bits per heavy atom. The summed E-state index contributed by atoms with van der Waals surface area (Å²) >= 11 is 0. The van der Waals surface area contributed by atoms with Crippen molar-refractivity contribution in [2.75, 3.05) is 11.9 Å². The summed E-state index contributed by atoms with van der Waals surface area (Å²) in [6.45, 7) is 3.51. The average molecular weight is 381 g/mol. The van der Waals surface area contributed by atoms with Gasteiger partial charge in [0.1, 0.15) is 12.2 Å². The van der Waals surface area contributed by atoms with Crippen LogP contribution in [0.5, 0.6) is 0 Å². The summed E-state index contributed by atoms with van der Waals surface area (Å²) < 4.78 is 5.30. The summed E-state index contributed by atoms with van der Waals surface area (Å²) in [5.74, 6) is -1.89. The largest absolute Gasteiger partial charge is 0.480 e. The Hall–Kier alpha value is -3.68. The molecular weight excluding hydrogens is 362 g/mol. The highest BCUT2D eigenvalue weighted by atomic mass is 16.5. The fourth-order valence-electron chi connectivity index (χ4n) is 2.69. The number of aryl methyl sites for hydroxylation is 2. The molecular formula is C20H19N3O5. The monoisotopic (exact) mass is 381 g/mol. The molecule has 0 bridgehead atoms. The summed E-state index contributed by atoms with van der Waals surface area (Å²) in [5.41, 5.74) is 4.19. The molecule has 3 rings (SSSR count). The molecule has 1 aromatic heterocycles. The standard InChI is InChI=1S/C20H19N3O5/c1-11-7-15-16(23-28-17(15)8-12(11)2)9-18(24)22-14-5-3-13(4-6-14)20(27)21-10-19(25)26/h3-8H,9-10H2,1-2H3,(H,21,27)(H,22,24)(H,25,26). The Labute approximate surface area is 160 Å². The number of anilines is 1. The smallest absolute Gasteiger partial charge is 0.322 e. The quantitative estimate of drug-likeness (QED) is 0.603. The topological polar surface area (TPSA) is 122 Å². The number of aromatic nitrogens is 1. The van der Waals surface area contributed by atoms with E-state index in [9.17, 15) is 14.4 Å². The molecule has 0 aliphatic carbocycles. The molecule has 144 valence electrons. The van der Waals surface area contributed by atoms with Gasteiger partial charge in [-0.3, -0.25) is 14.4 Å². The van der Waals surface area contributed by atoms with Gasteiger partial charge in [0.25, 0.3) is 5.91 Å². The number of nitrogens with one attached hydrogen (secondary N) is 2. The van der Waals surface area contributed by atoms with Gasteiger partial charge < -0.3 is 20.3 Å². The van der Waals surface area contributed by atoms with Crippen LogP contribution < -0.4 is 10.6 Å².